The van der Waals surface area contributed by atoms with Gasteiger partial charge in [-0.3, -0.25) is 0 Å². The summed E-state index contributed by atoms with van der Waals surface area (Å²) in [4.78, 5) is 4.12. The number of pyridine rings is 1. The molecule has 2 N–H and O–H groups in total. The van der Waals surface area contributed by atoms with E-state index in [4.69, 9.17) is 16.7 Å². The molecule has 1 fully saturated rings. The van der Waals surface area contributed by atoms with Crippen molar-refractivity contribution in [1.82, 2.24) is 4.98 Å². The topological polar surface area (TPSA) is 45.1 Å². The second-order valence-electron chi connectivity index (χ2n) is 3.73. The Balaban J connectivity index is 1.78. The normalized spacial score (nSPS) is 25.6. The van der Waals surface area contributed by atoms with E-state index in [1.54, 1.807) is 6.20 Å². The maximum Gasteiger partial charge on any atom is 0.125 e. The molecular formula is C10H13ClN2O. The van der Waals surface area contributed by atoms with E-state index in [1.165, 1.54) is 0 Å². The number of nitrogens with zero attached hydrogens (tertiary/aromatic N) is 1. The third-order valence-electron chi connectivity index (χ3n) is 2.51. The molecule has 1 aliphatic rings. The van der Waals surface area contributed by atoms with Gasteiger partial charge >= 0.3 is 0 Å². The summed E-state index contributed by atoms with van der Waals surface area (Å²) in [5.41, 5.74) is 0. The lowest BCUT2D eigenvalue weighted by Gasteiger charge is -2.31. The molecular weight excluding hydrogens is 200 g/mol. The Hall–Kier alpha value is -0.800. The van der Waals surface area contributed by atoms with Crippen LogP contribution in [-0.2, 0) is 0 Å². The molecule has 0 saturated heterocycles. The van der Waals surface area contributed by atoms with Gasteiger partial charge in [0, 0.05) is 12.7 Å². The predicted molar refractivity (Wildman–Crippen MR) is 56.5 cm³/mol. The Labute approximate surface area is 88.1 Å². The molecule has 0 bridgehead atoms. The van der Waals surface area contributed by atoms with Crippen LogP contribution < -0.4 is 5.32 Å². The van der Waals surface area contributed by atoms with Crippen molar-refractivity contribution in [3.63, 3.8) is 0 Å². The van der Waals surface area contributed by atoms with Gasteiger partial charge in [0.05, 0.1) is 11.1 Å². The van der Waals surface area contributed by atoms with Crippen LogP contribution >= 0.6 is 11.6 Å². The summed E-state index contributed by atoms with van der Waals surface area (Å²) in [6, 6.07) is 3.67. The molecule has 2 rings (SSSR count). The van der Waals surface area contributed by atoms with Gasteiger partial charge in [0.25, 0.3) is 0 Å². The van der Waals surface area contributed by atoms with Gasteiger partial charge < -0.3 is 10.4 Å². The average Bonchev–Trinajstić information content (AvgIpc) is 2.13. The maximum atomic E-state index is 9.09. The smallest absolute Gasteiger partial charge is 0.125 e. The number of hydrogen-bond acceptors (Lipinski definition) is 3. The van der Waals surface area contributed by atoms with Crippen molar-refractivity contribution in [1.29, 1.82) is 0 Å². The Bertz CT molecular complexity index is 295. The fourth-order valence-corrected chi connectivity index (χ4v) is 1.71. The lowest BCUT2D eigenvalue weighted by Crippen LogP contribution is -2.33. The Morgan fingerprint density at radius 3 is 2.86 bits per heavy atom. The number of aliphatic hydroxyl groups excluding tert-OH is 1. The van der Waals surface area contributed by atoms with Gasteiger partial charge in [0.1, 0.15) is 5.82 Å². The number of nitrogens with one attached hydrogen (secondary N) is 1. The molecule has 3 nitrogen and oxygen atoms in total. The largest absolute Gasteiger partial charge is 0.393 e. The van der Waals surface area contributed by atoms with Crippen LogP contribution in [0.1, 0.15) is 12.8 Å². The summed E-state index contributed by atoms with van der Waals surface area (Å²) in [6.07, 6.45) is 3.35. The number of hydrogen-bond donors (Lipinski definition) is 2. The zero-order chi connectivity index (χ0) is 9.97. The molecule has 76 valence electrons. The van der Waals surface area contributed by atoms with Gasteiger partial charge in [-0.15, -0.1) is 0 Å². The van der Waals surface area contributed by atoms with E-state index in [2.05, 4.69) is 10.3 Å². The van der Waals surface area contributed by atoms with Gasteiger partial charge in [-0.1, -0.05) is 11.6 Å². The SMILES string of the molecule is OC1CC(CNc2ccc(Cl)cn2)C1. The van der Waals surface area contributed by atoms with Crippen LogP contribution in [0.25, 0.3) is 0 Å². The van der Waals surface area contributed by atoms with E-state index in [0.717, 1.165) is 25.2 Å². The van der Waals surface area contributed by atoms with Gasteiger partial charge in [-0.2, -0.15) is 0 Å². The van der Waals surface area contributed by atoms with Crippen molar-refractivity contribution in [3.8, 4) is 0 Å². The molecule has 4 heteroatoms. The molecule has 0 atom stereocenters. The van der Waals surface area contributed by atoms with Crippen molar-refractivity contribution >= 4 is 17.4 Å². The fourth-order valence-electron chi connectivity index (χ4n) is 1.60. The molecule has 1 saturated carbocycles. The highest BCUT2D eigenvalue weighted by atomic mass is 35.5. The Kier molecular flexibility index (Phi) is 2.89. The van der Waals surface area contributed by atoms with Gasteiger partial charge in [-0.05, 0) is 30.9 Å². The highest BCUT2D eigenvalue weighted by Crippen LogP contribution is 2.27. The molecule has 1 aromatic rings. The van der Waals surface area contributed by atoms with Crippen LogP contribution in [0.5, 0.6) is 0 Å². The third kappa shape index (κ3) is 2.36. The number of aliphatic hydroxyl groups is 1. The first-order chi connectivity index (χ1) is 6.74. The van der Waals surface area contributed by atoms with Crippen LogP contribution in [0.2, 0.25) is 5.02 Å². The number of rotatable bonds is 3. The first kappa shape index (κ1) is 9.74. The van der Waals surface area contributed by atoms with Crippen LogP contribution in [0.4, 0.5) is 5.82 Å². The van der Waals surface area contributed by atoms with E-state index in [0.29, 0.717) is 10.9 Å². The third-order valence-corrected chi connectivity index (χ3v) is 2.73. The minimum atomic E-state index is -0.0834. The van der Waals surface area contributed by atoms with E-state index in [9.17, 15) is 0 Å². The monoisotopic (exact) mass is 212 g/mol. The second-order valence-corrected chi connectivity index (χ2v) is 4.17. The van der Waals surface area contributed by atoms with Crippen LogP contribution in [0.15, 0.2) is 18.3 Å². The highest BCUT2D eigenvalue weighted by molar-refractivity contribution is 6.30. The lowest BCUT2D eigenvalue weighted by atomic mass is 9.82. The quantitative estimate of drug-likeness (QED) is 0.805. The summed E-state index contributed by atoms with van der Waals surface area (Å²) >= 11 is 5.71. The van der Waals surface area contributed by atoms with Crippen molar-refractivity contribution in [2.45, 2.75) is 18.9 Å². The number of aromatic nitrogens is 1. The number of halogens is 1. The summed E-state index contributed by atoms with van der Waals surface area (Å²) in [5, 5.41) is 13.0. The fraction of sp³-hybridized carbons (Fsp3) is 0.500. The van der Waals surface area contributed by atoms with Gasteiger partial charge in [0.2, 0.25) is 0 Å². The summed E-state index contributed by atoms with van der Waals surface area (Å²) in [6.45, 7) is 0.881. The minimum absolute atomic E-state index is 0.0834. The van der Waals surface area contributed by atoms with Crippen molar-refractivity contribution < 1.29 is 5.11 Å². The molecule has 0 spiro atoms. The molecule has 1 aromatic heterocycles. The summed E-state index contributed by atoms with van der Waals surface area (Å²) in [7, 11) is 0. The molecule has 0 radical (unpaired) electrons. The molecule has 0 unspecified atom stereocenters. The standard InChI is InChI=1S/C10H13ClN2O/c11-8-1-2-10(13-6-8)12-5-7-3-9(14)4-7/h1-2,6-7,9,14H,3-5H2,(H,12,13). The second kappa shape index (κ2) is 4.15. The Morgan fingerprint density at radius 2 is 2.29 bits per heavy atom. The zero-order valence-corrected chi connectivity index (χ0v) is 8.54. The highest BCUT2D eigenvalue weighted by Gasteiger charge is 2.26. The molecule has 0 aromatic carbocycles. The van der Waals surface area contributed by atoms with Gasteiger partial charge in [0.15, 0.2) is 0 Å². The molecule has 0 aliphatic heterocycles. The number of anilines is 1. The summed E-state index contributed by atoms with van der Waals surface area (Å²) < 4.78 is 0. The Morgan fingerprint density at radius 1 is 1.50 bits per heavy atom. The first-order valence-corrected chi connectivity index (χ1v) is 5.15. The maximum absolute atomic E-state index is 9.09. The van der Waals surface area contributed by atoms with E-state index >= 15 is 0 Å². The zero-order valence-electron chi connectivity index (χ0n) is 7.78. The van der Waals surface area contributed by atoms with Crippen molar-refractivity contribution in [2.24, 2.45) is 5.92 Å². The molecule has 14 heavy (non-hydrogen) atoms. The van der Waals surface area contributed by atoms with E-state index in [1.807, 2.05) is 12.1 Å². The lowest BCUT2D eigenvalue weighted by molar-refractivity contribution is 0.0486. The first-order valence-electron chi connectivity index (χ1n) is 4.77. The summed E-state index contributed by atoms with van der Waals surface area (Å²) in [5.74, 6) is 1.43. The molecule has 1 aliphatic carbocycles. The molecule has 1 heterocycles. The predicted octanol–water partition coefficient (Wildman–Crippen LogP) is 1.92. The average molecular weight is 213 g/mol. The van der Waals surface area contributed by atoms with E-state index < -0.39 is 0 Å². The van der Waals surface area contributed by atoms with Crippen LogP contribution in [0.3, 0.4) is 0 Å². The minimum Gasteiger partial charge on any atom is -0.393 e. The molecule has 0 amide bonds. The van der Waals surface area contributed by atoms with Crippen molar-refractivity contribution in [3.05, 3.63) is 23.4 Å². The van der Waals surface area contributed by atoms with Gasteiger partial charge in [-0.25, -0.2) is 4.98 Å². The van der Waals surface area contributed by atoms with Crippen LogP contribution in [-0.4, -0.2) is 22.7 Å². The van der Waals surface area contributed by atoms with Crippen molar-refractivity contribution in [2.75, 3.05) is 11.9 Å². The van der Waals surface area contributed by atoms with Crippen LogP contribution in [0, 0.1) is 5.92 Å². The van der Waals surface area contributed by atoms with E-state index in [-0.39, 0.29) is 6.10 Å².